The van der Waals surface area contributed by atoms with Crippen LogP contribution in [0.4, 0.5) is 5.69 Å². The van der Waals surface area contributed by atoms with Crippen molar-refractivity contribution in [2.75, 3.05) is 37.6 Å². The number of halogens is 1. The molecule has 2 aliphatic carbocycles. The van der Waals surface area contributed by atoms with Gasteiger partial charge in [-0.1, -0.05) is 37.6 Å². The molecule has 1 aromatic rings. The summed E-state index contributed by atoms with van der Waals surface area (Å²) in [6.07, 6.45) is 12.2. The fourth-order valence-corrected chi connectivity index (χ4v) is 5.09. The fourth-order valence-electron chi connectivity index (χ4n) is 4.93. The van der Waals surface area contributed by atoms with Crippen LogP contribution in [0.3, 0.4) is 0 Å². The van der Waals surface area contributed by atoms with E-state index in [1.54, 1.807) is 11.1 Å². The minimum absolute atomic E-state index is 0.145. The third kappa shape index (κ3) is 5.07. The molecule has 1 heterocycles. The van der Waals surface area contributed by atoms with Gasteiger partial charge in [0.2, 0.25) is 0 Å². The lowest BCUT2D eigenvalue weighted by Crippen LogP contribution is -2.47. The van der Waals surface area contributed by atoms with Crippen LogP contribution >= 0.6 is 11.6 Å². The van der Waals surface area contributed by atoms with Crippen molar-refractivity contribution in [1.82, 2.24) is 4.90 Å². The lowest BCUT2D eigenvalue weighted by molar-refractivity contribution is 0.112. The highest BCUT2D eigenvalue weighted by atomic mass is 35.5. The zero-order valence-electron chi connectivity index (χ0n) is 18.2. The number of rotatable bonds is 5. The third-order valence-electron chi connectivity index (χ3n) is 6.75. The zero-order valence-corrected chi connectivity index (χ0v) is 19.0. The molecule has 1 atom stereocenters. The average Bonchev–Trinajstić information content (AvgIpc) is 2.75. The Morgan fingerprint density at radius 3 is 2.50 bits per heavy atom. The number of aldehydes is 1. The van der Waals surface area contributed by atoms with Crippen LogP contribution < -0.4 is 4.90 Å². The Morgan fingerprint density at radius 1 is 1.13 bits per heavy atom. The van der Waals surface area contributed by atoms with Crippen LogP contribution in [0.15, 0.2) is 59.2 Å². The van der Waals surface area contributed by atoms with Gasteiger partial charge in [0.15, 0.2) is 0 Å². The summed E-state index contributed by atoms with van der Waals surface area (Å²) in [4.78, 5) is 15.9. The summed E-state index contributed by atoms with van der Waals surface area (Å²) in [5, 5.41) is 0.145. The number of alkyl halides is 1. The van der Waals surface area contributed by atoms with Crippen LogP contribution in [0, 0.1) is 5.41 Å². The number of carbonyl (C=O) groups excluding carboxylic acids is 1. The number of hydrogen-bond donors (Lipinski definition) is 0. The van der Waals surface area contributed by atoms with Gasteiger partial charge >= 0.3 is 0 Å². The predicted molar refractivity (Wildman–Crippen MR) is 127 cm³/mol. The van der Waals surface area contributed by atoms with Crippen LogP contribution in [0.2, 0.25) is 0 Å². The SMILES string of the molecule is CC1(C)CCC(C2=CCC(Cl)C=C2)=C(CN2CCN(c3ccc(C=O)cc3)CC2)C1. The van der Waals surface area contributed by atoms with Crippen molar-refractivity contribution < 1.29 is 4.79 Å². The second-order valence-corrected chi connectivity index (χ2v) is 10.2. The Labute approximate surface area is 186 Å². The van der Waals surface area contributed by atoms with Crippen LogP contribution in [0.25, 0.3) is 0 Å². The van der Waals surface area contributed by atoms with Gasteiger partial charge in [0, 0.05) is 44.0 Å². The van der Waals surface area contributed by atoms with Crippen molar-refractivity contribution in [3.8, 4) is 0 Å². The summed E-state index contributed by atoms with van der Waals surface area (Å²) < 4.78 is 0. The van der Waals surface area contributed by atoms with E-state index in [4.69, 9.17) is 11.6 Å². The van der Waals surface area contributed by atoms with Gasteiger partial charge < -0.3 is 4.90 Å². The molecule has 1 unspecified atom stereocenters. The van der Waals surface area contributed by atoms with Crippen LogP contribution in [-0.4, -0.2) is 49.3 Å². The van der Waals surface area contributed by atoms with E-state index in [2.05, 4.69) is 54.0 Å². The summed E-state index contributed by atoms with van der Waals surface area (Å²) in [6.45, 7) is 10.1. The van der Waals surface area contributed by atoms with Crippen molar-refractivity contribution >= 4 is 23.6 Å². The molecule has 1 aromatic carbocycles. The first-order chi connectivity index (χ1) is 14.4. The minimum atomic E-state index is 0.145. The molecule has 0 radical (unpaired) electrons. The molecule has 1 saturated heterocycles. The summed E-state index contributed by atoms with van der Waals surface area (Å²) in [5.41, 5.74) is 6.94. The molecule has 4 rings (SSSR count). The van der Waals surface area contributed by atoms with Crippen LogP contribution in [-0.2, 0) is 0 Å². The second-order valence-electron chi connectivity index (χ2n) is 9.67. The number of carbonyl (C=O) groups is 1. The van der Waals surface area contributed by atoms with Gasteiger partial charge in [-0.3, -0.25) is 9.69 Å². The maximum Gasteiger partial charge on any atom is 0.150 e. The molecule has 160 valence electrons. The average molecular weight is 425 g/mol. The minimum Gasteiger partial charge on any atom is -0.369 e. The molecule has 3 aliphatic rings. The Kier molecular flexibility index (Phi) is 6.50. The first kappa shape index (κ1) is 21.4. The van der Waals surface area contributed by atoms with E-state index < -0.39 is 0 Å². The molecular weight excluding hydrogens is 392 g/mol. The zero-order chi connectivity index (χ0) is 21.1. The van der Waals surface area contributed by atoms with Gasteiger partial charge in [-0.05, 0) is 66.5 Å². The van der Waals surface area contributed by atoms with Crippen molar-refractivity contribution in [2.24, 2.45) is 5.41 Å². The van der Waals surface area contributed by atoms with Gasteiger partial charge in [0.25, 0.3) is 0 Å². The van der Waals surface area contributed by atoms with Gasteiger partial charge in [-0.15, -0.1) is 11.6 Å². The van der Waals surface area contributed by atoms with E-state index in [1.807, 2.05) is 12.1 Å². The fraction of sp³-hybridized carbons (Fsp3) is 0.500. The van der Waals surface area contributed by atoms with Crippen LogP contribution in [0.1, 0.15) is 49.9 Å². The van der Waals surface area contributed by atoms with Crippen molar-refractivity contribution in [3.63, 3.8) is 0 Å². The molecule has 0 amide bonds. The second kappa shape index (κ2) is 9.11. The first-order valence-electron chi connectivity index (χ1n) is 11.2. The first-order valence-corrected chi connectivity index (χ1v) is 11.6. The number of benzene rings is 1. The molecule has 0 aromatic heterocycles. The Hall–Kier alpha value is -1.84. The van der Waals surface area contributed by atoms with Crippen molar-refractivity contribution in [1.29, 1.82) is 0 Å². The van der Waals surface area contributed by atoms with Crippen molar-refractivity contribution in [2.45, 2.75) is 44.9 Å². The monoisotopic (exact) mass is 424 g/mol. The highest BCUT2D eigenvalue weighted by Crippen LogP contribution is 2.42. The van der Waals surface area contributed by atoms with E-state index in [0.29, 0.717) is 5.41 Å². The van der Waals surface area contributed by atoms with E-state index in [1.165, 1.54) is 30.5 Å². The molecule has 0 spiro atoms. The van der Waals surface area contributed by atoms with E-state index in [0.717, 1.165) is 51.0 Å². The summed E-state index contributed by atoms with van der Waals surface area (Å²) in [5.74, 6) is 0. The predicted octanol–water partition coefficient (Wildman–Crippen LogP) is 5.62. The third-order valence-corrected chi connectivity index (χ3v) is 7.07. The Bertz CT molecular complexity index is 858. The molecule has 0 N–H and O–H groups in total. The van der Waals surface area contributed by atoms with E-state index in [9.17, 15) is 4.79 Å². The maximum absolute atomic E-state index is 10.9. The smallest absolute Gasteiger partial charge is 0.150 e. The maximum atomic E-state index is 10.9. The largest absolute Gasteiger partial charge is 0.369 e. The molecule has 30 heavy (non-hydrogen) atoms. The number of hydrogen-bond acceptors (Lipinski definition) is 3. The molecule has 0 bridgehead atoms. The number of anilines is 1. The van der Waals surface area contributed by atoms with Gasteiger partial charge in [-0.2, -0.15) is 0 Å². The van der Waals surface area contributed by atoms with Gasteiger partial charge in [0.05, 0.1) is 5.38 Å². The number of nitrogens with zero attached hydrogens (tertiary/aromatic N) is 2. The highest BCUT2D eigenvalue weighted by Gasteiger charge is 2.30. The van der Waals surface area contributed by atoms with Crippen molar-refractivity contribution in [3.05, 3.63) is 64.8 Å². The molecule has 1 aliphatic heterocycles. The number of allylic oxidation sites excluding steroid dienone is 5. The number of piperazine rings is 1. The lowest BCUT2D eigenvalue weighted by atomic mass is 9.72. The Morgan fingerprint density at radius 2 is 1.87 bits per heavy atom. The molecule has 0 saturated carbocycles. The Balaban J connectivity index is 1.43. The topological polar surface area (TPSA) is 23.6 Å². The highest BCUT2D eigenvalue weighted by molar-refractivity contribution is 6.22. The summed E-state index contributed by atoms with van der Waals surface area (Å²) in [6, 6.07) is 7.95. The van der Waals surface area contributed by atoms with Crippen LogP contribution in [0.5, 0.6) is 0 Å². The van der Waals surface area contributed by atoms with E-state index in [-0.39, 0.29) is 5.38 Å². The lowest BCUT2D eigenvalue weighted by Gasteiger charge is -2.40. The van der Waals surface area contributed by atoms with Gasteiger partial charge in [-0.25, -0.2) is 0 Å². The van der Waals surface area contributed by atoms with Gasteiger partial charge in [0.1, 0.15) is 6.29 Å². The summed E-state index contributed by atoms with van der Waals surface area (Å²) in [7, 11) is 0. The molecule has 1 fully saturated rings. The van der Waals surface area contributed by atoms with E-state index >= 15 is 0 Å². The molecular formula is C26H33ClN2O. The summed E-state index contributed by atoms with van der Waals surface area (Å²) >= 11 is 6.26. The quantitative estimate of drug-likeness (QED) is 0.452. The molecule has 3 nitrogen and oxygen atoms in total. The normalized spacial score (nSPS) is 24.7. The molecule has 4 heteroatoms. The standard InChI is InChI=1S/C26H33ClN2O/c1-26(2)12-11-25(21-5-7-23(27)8-6-21)22(17-26)18-28-13-15-29(16-14-28)24-9-3-20(19-30)4-10-24/h3-7,9-10,19,23H,8,11-18H2,1-2H3.